The van der Waals surface area contributed by atoms with E-state index >= 15 is 0 Å². The molecular weight excluding hydrogens is 258 g/mol. The topological polar surface area (TPSA) is 63.9 Å². The number of nitrogen functional groups attached to an aromatic ring is 1. The normalized spacial score (nSPS) is 10.8. The summed E-state index contributed by atoms with van der Waals surface area (Å²) < 4.78 is 5.12. The molecule has 0 radical (unpaired) electrons. The predicted molar refractivity (Wildman–Crippen MR) is 77.6 cm³/mol. The summed E-state index contributed by atoms with van der Waals surface area (Å²) in [5.41, 5.74) is 7.41. The molecule has 1 aromatic carbocycles. The highest BCUT2D eigenvalue weighted by atomic mass is 32.2. The zero-order valence-corrected chi connectivity index (χ0v) is 11.2. The van der Waals surface area contributed by atoms with Crippen LogP contribution in [0.2, 0.25) is 0 Å². The van der Waals surface area contributed by atoms with Crippen LogP contribution in [0.25, 0.3) is 10.9 Å². The van der Waals surface area contributed by atoms with Gasteiger partial charge in [0.15, 0.2) is 0 Å². The van der Waals surface area contributed by atoms with E-state index in [9.17, 15) is 0 Å². The molecule has 0 aliphatic heterocycles. The van der Waals surface area contributed by atoms with Gasteiger partial charge in [0.1, 0.15) is 5.03 Å². The molecule has 0 spiro atoms. The van der Waals surface area contributed by atoms with Gasteiger partial charge in [-0.15, -0.1) is 0 Å². The lowest BCUT2D eigenvalue weighted by atomic mass is 10.3. The third-order valence-electron chi connectivity index (χ3n) is 2.78. The van der Waals surface area contributed by atoms with Gasteiger partial charge >= 0.3 is 0 Å². The van der Waals surface area contributed by atoms with E-state index in [1.54, 1.807) is 24.9 Å². The van der Waals surface area contributed by atoms with Gasteiger partial charge in [-0.25, -0.2) is 4.98 Å². The number of rotatable bonds is 3. The Morgan fingerprint density at radius 2 is 2.05 bits per heavy atom. The van der Waals surface area contributed by atoms with Gasteiger partial charge in [-0.05, 0) is 24.3 Å². The first-order valence-corrected chi connectivity index (χ1v) is 6.64. The Hall–Kier alpha value is -2.14. The highest BCUT2D eigenvalue weighted by Crippen LogP contribution is 2.31. The highest BCUT2D eigenvalue weighted by Gasteiger charge is 2.06. The first-order chi connectivity index (χ1) is 9.26. The fourth-order valence-electron chi connectivity index (χ4n) is 1.87. The largest absolute Gasteiger partial charge is 0.480 e. The van der Waals surface area contributed by atoms with E-state index in [4.69, 9.17) is 10.5 Å². The van der Waals surface area contributed by atoms with Crippen molar-refractivity contribution in [1.29, 1.82) is 0 Å². The molecule has 96 valence electrons. The van der Waals surface area contributed by atoms with Crippen molar-refractivity contribution in [2.75, 3.05) is 12.8 Å². The maximum atomic E-state index is 5.75. The van der Waals surface area contributed by atoms with E-state index in [2.05, 4.69) is 28.2 Å². The molecule has 2 aromatic heterocycles. The molecule has 0 saturated heterocycles. The van der Waals surface area contributed by atoms with E-state index in [1.807, 2.05) is 18.2 Å². The molecule has 4 nitrogen and oxygen atoms in total. The average Bonchev–Trinajstić information content (AvgIpc) is 2.83. The Kier molecular flexibility index (Phi) is 3.05. The number of nitrogens with two attached hydrogens (primary N) is 1. The number of para-hydroxylation sites is 1. The summed E-state index contributed by atoms with van der Waals surface area (Å²) in [5.74, 6) is 0.459. The number of nitrogens with zero attached hydrogens (tertiary/aromatic N) is 1. The van der Waals surface area contributed by atoms with E-state index < -0.39 is 0 Å². The second kappa shape index (κ2) is 4.85. The molecule has 19 heavy (non-hydrogen) atoms. The van der Waals surface area contributed by atoms with Crippen molar-refractivity contribution >= 4 is 28.4 Å². The van der Waals surface area contributed by atoms with Gasteiger partial charge in [-0.3, -0.25) is 0 Å². The van der Waals surface area contributed by atoms with Crippen LogP contribution in [0.5, 0.6) is 5.88 Å². The van der Waals surface area contributed by atoms with Crippen LogP contribution >= 0.6 is 11.8 Å². The molecule has 0 atom stereocenters. The number of nitrogens with one attached hydrogen (secondary N) is 1. The molecule has 0 fully saturated rings. The SMILES string of the molecule is COc1nc(Sc2cc3ccccc3[nH]2)ccc1N. The molecule has 3 N–H and O–H groups in total. The Labute approximate surface area is 115 Å². The second-order valence-electron chi connectivity index (χ2n) is 4.07. The number of hydrogen-bond donors (Lipinski definition) is 2. The van der Waals surface area contributed by atoms with Gasteiger partial charge in [-0.1, -0.05) is 30.0 Å². The van der Waals surface area contributed by atoms with Gasteiger partial charge in [-0.2, -0.15) is 0 Å². The van der Waals surface area contributed by atoms with Crippen molar-refractivity contribution in [2.45, 2.75) is 10.1 Å². The van der Waals surface area contributed by atoms with E-state index in [1.165, 1.54) is 5.39 Å². The summed E-state index contributed by atoms with van der Waals surface area (Å²) in [6, 6.07) is 13.9. The quantitative estimate of drug-likeness (QED) is 0.767. The van der Waals surface area contributed by atoms with Crippen molar-refractivity contribution in [1.82, 2.24) is 9.97 Å². The molecule has 3 aromatic rings. The molecule has 0 saturated carbocycles. The number of pyridine rings is 1. The van der Waals surface area contributed by atoms with E-state index in [-0.39, 0.29) is 0 Å². The minimum atomic E-state index is 0.459. The van der Waals surface area contributed by atoms with Crippen molar-refractivity contribution in [3.05, 3.63) is 42.5 Å². The molecule has 3 rings (SSSR count). The molecule has 0 bridgehead atoms. The van der Waals surface area contributed by atoms with Crippen LogP contribution in [-0.4, -0.2) is 17.1 Å². The number of aromatic nitrogens is 2. The molecule has 2 heterocycles. The smallest absolute Gasteiger partial charge is 0.237 e. The monoisotopic (exact) mass is 271 g/mol. The standard InChI is InChI=1S/C14H13N3OS/c1-18-14-10(15)6-7-12(17-14)19-13-8-9-4-2-3-5-11(9)16-13/h2-8,16H,15H2,1H3. The summed E-state index contributed by atoms with van der Waals surface area (Å²) in [5, 5.41) is 3.07. The summed E-state index contributed by atoms with van der Waals surface area (Å²) in [6.07, 6.45) is 0. The molecule has 5 heteroatoms. The van der Waals surface area contributed by atoms with Crippen LogP contribution in [0.1, 0.15) is 0 Å². The number of methoxy groups -OCH3 is 1. The van der Waals surface area contributed by atoms with Crippen LogP contribution in [0.15, 0.2) is 52.5 Å². The van der Waals surface area contributed by atoms with Crippen molar-refractivity contribution in [3.8, 4) is 5.88 Å². The Morgan fingerprint density at radius 1 is 1.21 bits per heavy atom. The maximum absolute atomic E-state index is 5.75. The second-order valence-corrected chi connectivity index (χ2v) is 5.13. The van der Waals surface area contributed by atoms with Crippen LogP contribution < -0.4 is 10.5 Å². The average molecular weight is 271 g/mol. The van der Waals surface area contributed by atoms with E-state index in [0.717, 1.165) is 15.6 Å². The molecule has 0 aliphatic rings. The first-order valence-electron chi connectivity index (χ1n) is 5.82. The summed E-state index contributed by atoms with van der Waals surface area (Å²) >= 11 is 1.55. The fourth-order valence-corrected chi connectivity index (χ4v) is 2.71. The molecule has 0 unspecified atom stereocenters. The Bertz CT molecular complexity index is 691. The number of benzene rings is 1. The van der Waals surface area contributed by atoms with Gasteiger partial charge < -0.3 is 15.5 Å². The summed E-state index contributed by atoms with van der Waals surface area (Å²) in [4.78, 5) is 7.70. The minimum absolute atomic E-state index is 0.459. The minimum Gasteiger partial charge on any atom is -0.480 e. The maximum Gasteiger partial charge on any atom is 0.237 e. The predicted octanol–water partition coefficient (Wildman–Crippen LogP) is 3.30. The zero-order valence-electron chi connectivity index (χ0n) is 10.4. The number of H-pyrrole nitrogens is 1. The number of anilines is 1. The fraction of sp³-hybridized carbons (Fsp3) is 0.0714. The third kappa shape index (κ3) is 2.37. The van der Waals surface area contributed by atoms with Gasteiger partial charge in [0.05, 0.1) is 17.8 Å². The Balaban J connectivity index is 1.92. The van der Waals surface area contributed by atoms with Gasteiger partial charge in [0, 0.05) is 10.9 Å². The Morgan fingerprint density at radius 3 is 2.84 bits per heavy atom. The highest BCUT2D eigenvalue weighted by molar-refractivity contribution is 7.99. The molecule has 0 amide bonds. The molecular formula is C14H13N3OS. The number of ether oxygens (including phenoxy) is 1. The number of aromatic amines is 1. The number of hydrogen-bond acceptors (Lipinski definition) is 4. The first kappa shape index (κ1) is 11.9. The van der Waals surface area contributed by atoms with Crippen molar-refractivity contribution < 1.29 is 4.74 Å². The van der Waals surface area contributed by atoms with Crippen LogP contribution in [0.3, 0.4) is 0 Å². The summed E-state index contributed by atoms with van der Waals surface area (Å²) in [6.45, 7) is 0. The third-order valence-corrected chi connectivity index (χ3v) is 3.65. The van der Waals surface area contributed by atoms with Crippen LogP contribution in [0, 0.1) is 0 Å². The lowest BCUT2D eigenvalue weighted by Crippen LogP contribution is -1.95. The zero-order chi connectivity index (χ0) is 13.2. The van der Waals surface area contributed by atoms with Crippen LogP contribution in [-0.2, 0) is 0 Å². The van der Waals surface area contributed by atoms with Crippen LogP contribution in [0.4, 0.5) is 5.69 Å². The van der Waals surface area contributed by atoms with Crippen molar-refractivity contribution in [3.63, 3.8) is 0 Å². The van der Waals surface area contributed by atoms with Gasteiger partial charge in [0.25, 0.3) is 0 Å². The number of fused-ring (bicyclic) bond motifs is 1. The summed E-state index contributed by atoms with van der Waals surface area (Å²) in [7, 11) is 1.57. The van der Waals surface area contributed by atoms with Crippen molar-refractivity contribution in [2.24, 2.45) is 0 Å². The lowest BCUT2D eigenvalue weighted by molar-refractivity contribution is 0.397. The van der Waals surface area contributed by atoms with Gasteiger partial charge in [0.2, 0.25) is 5.88 Å². The van der Waals surface area contributed by atoms with E-state index in [0.29, 0.717) is 11.6 Å². The molecule has 0 aliphatic carbocycles. The lowest BCUT2D eigenvalue weighted by Gasteiger charge is -2.04.